The van der Waals surface area contributed by atoms with E-state index in [2.05, 4.69) is 5.32 Å². The van der Waals surface area contributed by atoms with Gasteiger partial charge in [-0.1, -0.05) is 11.6 Å². The highest BCUT2D eigenvalue weighted by Gasteiger charge is 2.21. The lowest BCUT2D eigenvalue weighted by molar-refractivity contribution is -0.132. The van der Waals surface area contributed by atoms with Crippen molar-refractivity contribution in [2.75, 3.05) is 13.1 Å². The van der Waals surface area contributed by atoms with Gasteiger partial charge in [0.15, 0.2) is 0 Å². The van der Waals surface area contributed by atoms with Crippen molar-refractivity contribution >= 4 is 23.4 Å². The fourth-order valence-corrected chi connectivity index (χ4v) is 2.04. The van der Waals surface area contributed by atoms with Gasteiger partial charge in [-0.3, -0.25) is 9.59 Å². The van der Waals surface area contributed by atoms with Crippen molar-refractivity contribution in [3.05, 3.63) is 28.8 Å². The summed E-state index contributed by atoms with van der Waals surface area (Å²) >= 11 is 5.90. The summed E-state index contributed by atoms with van der Waals surface area (Å²) in [6.07, 6.45) is 0. The van der Waals surface area contributed by atoms with E-state index in [1.165, 1.54) is 18.2 Å². The zero-order chi connectivity index (χ0) is 15.3. The van der Waals surface area contributed by atoms with Gasteiger partial charge in [-0.25, -0.2) is 0 Å². The van der Waals surface area contributed by atoms with Gasteiger partial charge < -0.3 is 15.3 Å². The van der Waals surface area contributed by atoms with Crippen LogP contribution < -0.4 is 5.32 Å². The molecule has 1 atom stereocenters. The number of hydrogen-bond donors (Lipinski definition) is 2. The molecule has 6 heteroatoms. The van der Waals surface area contributed by atoms with Crippen molar-refractivity contribution in [2.24, 2.45) is 0 Å². The average Bonchev–Trinajstić information content (AvgIpc) is 2.42. The fourth-order valence-electron chi connectivity index (χ4n) is 1.83. The molecule has 0 fully saturated rings. The van der Waals surface area contributed by atoms with Crippen LogP contribution in [0, 0.1) is 0 Å². The zero-order valence-corrected chi connectivity index (χ0v) is 12.6. The number of hydrogen-bond acceptors (Lipinski definition) is 3. The van der Waals surface area contributed by atoms with Gasteiger partial charge in [-0.05, 0) is 39.0 Å². The molecule has 0 heterocycles. The first kappa shape index (κ1) is 16.3. The first-order valence-corrected chi connectivity index (χ1v) is 6.86. The molecule has 20 heavy (non-hydrogen) atoms. The molecule has 0 bridgehead atoms. The molecule has 0 aliphatic rings. The van der Waals surface area contributed by atoms with E-state index >= 15 is 0 Å². The van der Waals surface area contributed by atoms with Crippen molar-refractivity contribution in [1.82, 2.24) is 10.2 Å². The number of likely N-dealkylation sites (N-methyl/N-ethyl adjacent to an activating group) is 1. The highest BCUT2D eigenvalue weighted by atomic mass is 35.5. The highest BCUT2D eigenvalue weighted by molar-refractivity contribution is 6.34. The van der Waals surface area contributed by atoms with Gasteiger partial charge >= 0.3 is 0 Å². The molecule has 1 unspecified atom stereocenters. The van der Waals surface area contributed by atoms with Crippen LogP contribution in [0.15, 0.2) is 18.2 Å². The molecule has 0 saturated heterocycles. The van der Waals surface area contributed by atoms with E-state index in [0.29, 0.717) is 13.1 Å². The minimum Gasteiger partial charge on any atom is -0.508 e. The number of aromatic hydroxyl groups is 1. The molecular weight excluding hydrogens is 280 g/mol. The van der Waals surface area contributed by atoms with Crippen LogP contribution in [-0.4, -0.2) is 41.0 Å². The second kappa shape index (κ2) is 7.14. The molecule has 0 aliphatic heterocycles. The molecule has 0 aromatic heterocycles. The summed E-state index contributed by atoms with van der Waals surface area (Å²) in [7, 11) is 0. The summed E-state index contributed by atoms with van der Waals surface area (Å²) in [5.74, 6) is -0.694. The lowest BCUT2D eigenvalue weighted by Gasteiger charge is -2.23. The number of benzene rings is 1. The number of nitrogens with one attached hydrogen (secondary N) is 1. The van der Waals surface area contributed by atoms with E-state index < -0.39 is 11.9 Å². The molecule has 1 aromatic carbocycles. The molecule has 2 N–H and O–H groups in total. The van der Waals surface area contributed by atoms with Gasteiger partial charge in [0.1, 0.15) is 11.8 Å². The van der Waals surface area contributed by atoms with Crippen molar-refractivity contribution in [3.8, 4) is 5.75 Å². The zero-order valence-electron chi connectivity index (χ0n) is 11.8. The number of phenolic OH excluding ortho intramolecular Hbond substituents is 1. The topological polar surface area (TPSA) is 69.6 Å². The maximum Gasteiger partial charge on any atom is 0.253 e. The van der Waals surface area contributed by atoms with Crippen LogP contribution >= 0.6 is 11.6 Å². The summed E-state index contributed by atoms with van der Waals surface area (Å²) in [5.41, 5.74) is 0.144. The second-order valence-corrected chi connectivity index (χ2v) is 4.78. The van der Waals surface area contributed by atoms with Crippen LogP contribution in [0.25, 0.3) is 0 Å². The van der Waals surface area contributed by atoms with Crippen LogP contribution in [0.5, 0.6) is 5.75 Å². The number of phenols is 1. The minimum atomic E-state index is -0.652. The molecule has 0 spiro atoms. The Balaban J connectivity index is 2.80. The predicted octanol–water partition coefficient (Wildman–Crippen LogP) is 2.03. The van der Waals surface area contributed by atoms with Crippen molar-refractivity contribution in [2.45, 2.75) is 26.8 Å². The van der Waals surface area contributed by atoms with E-state index in [4.69, 9.17) is 11.6 Å². The number of rotatable bonds is 5. The molecular formula is C14H19ClN2O3. The van der Waals surface area contributed by atoms with Gasteiger partial charge in [-0.2, -0.15) is 0 Å². The smallest absolute Gasteiger partial charge is 0.253 e. The molecule has 110 valence electrons. The Labute approximate surface area is 123 Å². The second-order valence-electron chi connectivity index (χ2n) is 4.37. The van der Waals surface area contributed by atoms with Crippen LogP contribution in [-0.2, 0) is 4.79 Å². The van der Waals surface area contributed by atoms with Gasteiger partial charge in [-0.15, -0.1) is 0 Å². The Hall–Kier alpha value is -1.75. The van der Waals surface area contributed by atoms with E-state index in [1.54, 1.807) is 11.8 Å². The number of nitrogens with zero attached hydrogens (tertiary/aromatic N) is 1. The summed E-state index contributed by atoms with van der Waals surface area (Å²) in [6, 6.07) is 3.44. The Morgan fingerprint density at radius 1 is 1.35 bits per heavy atom. The maximum atomic E-state index is 12.1. The summed E-state index contributed by atoms with van der Waals surface area (Å²) in [4.78, 5) is 25.7. The third kappa shape index (κ3) is 3.87. The molecule has 5 nitrogen and oxygen atoms in total. The third-order valence-electron chi connectivity index (χ3n) is 2.99. The predicted molar refractivity (Wildman–Crippen MR) is 78.0 cm³/mol. The Morgan fingerprint density at radius 2 is 1.95 bits per heavy atom. The molecule has 2 amide bonds. The quantitative estimate of drug-likeness (QED) is 0.874. The molecule has 0 radical (unpaired) electrons. The average molecular weight is 299 g/mol. The van der Waals surface area contributed by atoms with Gasteiger partial charge in [0.05, 0.1) is 10.6 Å². The first-order valence-electron chi connectivity index (χ1n) is 6.48. The third-order valence-corrected chi connectivity index (χ3v) is 3.32. The van der Waals surface area contributed by atoms with Crippen LogP contribution in [0.1, 0.15) is 31.1 Å². The minimum absolute atomic E-state index is 0.0535. The number of amides is 2. The van der Waals surface area contributed by atoms with Gasteiger partial charge in [0, 0.05) is 13.1 Å². The van der Waals surface area contributed by atoms with Crippen molar-refractivity contribution < 1.29 is 14.7 Å². The SMILES string of the molecule is CCN(CC)C(=O)C(C)NC(=O)c1cc(O)ccc1Cl. The Morgan fingerprint density at radius 3 is 2.50 bits per heavy atom. The lowest BCUT2D eigenvalue weighted by Crippen LogP contribution is -2.46. The summed E-state index contributed by atoms with van der Waals surface area (Å²) < 4.78 is 0. The molecule has 0 saturated carbocycles. The van der Waals surface area contributed by atoms with E-state index in [-0.39, 0.29) is 22.2 Å². The highest BCUT2D eigenvalue weighted by Crippen LogP contribution is 2.21. The Bertz CT molecular complexity index is 501. The van der Waals surface area contributed by atoms with Gasteiger partial charge in [0.2, 0.25) is 5.91 Å². The largest absolute Gasteiger partial charge is 0.508 e. The number of carbonyl (C=O) groups is 2. The van der Waals surface area contributed by atoms with E-state index in [9.17, 15) is 14.7 Å². The normalized spacial score (nSPS) is 11.8. The monoisotopic (exact) mass is 298 g/mol. The molecule has 0 aliphatic carbocycles. The standard InChI is InChI=1S/C14H19ClN2O3/c1-4-17(5-2)14(20)9(3)16-13(19)11-8-10(18)6-7-12(11)15/h6-9,18H,4-5H2,1-3H3,(H,16,19). The summed E-state index contributed by atoms with van der Waals surface area (Å²) in [5, 5.41) is 12.2. The van der Waals surface area contributed by atoms with Crippen molar-refractivity contribution in [1.29, 1.82) is 0 Å². The summed E-state index contributed by atoms with van der Waals surface area (Å²) in [6.45, 7) is 6.55. The maximum absolute atomic E-state index is 12.1. The first-order chi connectivity index (χ1) is 9.40. The van der Waals surface area contributed by atoms with Crippen LogP contribution in [0.3, 0.4) is 0 Å². The van der Waals surface area contributed by atoms with E-state index in [0.717, 1.165) is 0 Å². The van der Waals surface area contributed by atoms with Crippen LogP contribution in [0.4, 0.5) is 0 Å². The van der Waals surface area contributed by atoms with Crippen LogP contribution in [0.2, 0.25) is 5.02 Å². The molecule has 1 rings (SSSR count). The number of carbonyl (C=O) groups excluding carboxylic acids is 2. The number of halogens is 1. The van der Waals surface area contributed by atoms with Crippen molar-refractivity contribution in [3.63, 3.8) is 0 Å². The Kier molecular flexibility index (Phi) is 5.82. The van der Waals surface area contributed by atoms with E-state index in [1.807, 2.05) is 13.8 Å². The van der Waals surface area contributed by atoms with Gasteiger partial charge in [0.25, 0.3) is 5.91 Å². The fraction of sp³-hybridized carbons (Fsp3) is 0.429. The lowest BCUT2D eigenvalue weighted by atomic mass is 10.1. The molecule has 1 aromatic rings.